The van der Waals surface area contributed by atoms with Crippen LogP contribution in [-0.2, 0) is 14.3 Å². The number of fused-ring (bicyclic) bond motifs is 1. The molecular formula is C15H16N2O4. The molecular weight excluding hydrogens is 272 g/mol. The molecule has 1 N–H and O–H groups in total. The highest BCUT2D eigenvalue weighted by Gasteiger charge is 2.29. The van der Waals surface area contributed by atoms with Crippen molar-refractivity contribution in [2.24, 2.45) is 0 Å². The third-order valence-electron chi connectivity index (χ3n) is 3.71. The minimum atomic E-state index is -0.547. The number of rotatable bonds is 3. The Bertz CT molecular complexity index is 671. The van der Waals surface area contributed by atoms with E-state index in [9.17, 15) is 4.79 Å². The van der Waals surface area contributed by atoms with Crippen molar-refractivity contribution in [2.45, 2.75) is 24.9 Å². The fourth-order valence-electron chi connectivity index (χ4n) is 2.39. The summed E-state index contributed by atoms with van der Waals surface area (Å²) in [6.07, 6.45) is 1.75. The standard InChI is InChI=1S/C15H16N2O4/c18-14(13-8-19-5-6-20-13)16-10-3-4-12-11(7-10)17-15(21-12)9-1-2-9/h3-4,7,9,13H,1-2,5-6,8H2,(H,16,18). The Labute approximate surface area is 121 Å². The summed E-state index contributed by atoms with van der Waals surface area (Å²) in [5.74, 6) is 1.08. The van der Waals surface area contributed by atoms with Crippen molar-refractivity contribution in [3.05, 3.63) is 24.1 Å². The predicted octanol–water partition coefficient (Wildman–Crippen LogP) is 2.06. The van der Waals surface area contributed by atoms with Crippen molar-refractivity contribution in [3.8, 4) is 0 Å². The Balaban J connectivity index is 1.51. The van der Waals surface area contributed by atoms with Gasteiger partial charge < -0.3 is 19.2 Å². The molecule has 4 rings (SSSR count). The quantitative estimate of drug-likeness (QED) is 0.935. The van der Waals surface area contributed by atoms with E-state index in [1.54, 1.807) is 0 Å². The van der Waals surface area contributed by atoms with E-state index in [0.29, 0.717) is 31.4 Å². The SMILES string of the molecule is O=C(Nc1ccc2oc(C3CC3)nc2c1)C1COCCO1. The number of benzene rings is 1. The van der Waals surface area contributed by atoms with Gasteiger partial charge >= 0.3 is 0 Å². The average molecular weight is 288 g/mol. The van der Waals surface area contributed by atoms with Gasteiger partial charge in [0.2, 0.25) is 0 Å². The third kappa shape index (κ3) is 2.64. The number of aromatic nitrogens is 1. The van der Waals surface area contributed by atoms with Crippen LogP contribution in [0.1, 0.15) is 24.7 Å². The summed E-state index contributed by atoms with van der Waals surface area (Å²) in [7, 11) is 0. The number of ether oxygens (including phenoxy) is 2. The molecule has 0 bridgehead atoms. The van der Waals surface area contributed by atoms with Crippen LogP contribution in [-0.4, -0.2) is 36.8 Å². The maximum absolute atomic E-state index is 12.1. The van der Waals surface area contributed by atoms with Crippen molar-refractivity contribution in [1.82, 2.24) is 4.98 Å². The number of anilines is 1. The molecule has 1 aliphatic carbocycles. The number of carbonyl (C=O) groups excluding carboxylic acids is 1. The highest BCUT2D eigenvalue weighted by atomic mass is 16.6. The molecule has 1 aromatic heterocycles. The van der Waals surface area contributed by atoms with Gasteiger partial charge in [0.25, 0.3) is 5.91 Å². The van der Waals surface area contributed by atoms with E-state index in [1.165, 1.54) is 0 Å². The minimum absolute atomic E-state index is 0.194. The fourth-order valence-corrected chi connectivity index (χ4v) is 2.39. The van der Waals surface area contributed by atoms with Gasteiger partial charge in [0.1, 0.15) is 5.52 Å². The Kier molecular flexibility index (Phi) is 3.12. The predicted molar refractivity (Wildman–Crippen MR) is 75.2 cm³/mol. The molecule has 2 aromatic rings. The zero-order valence-corrected chi connectivity index (χ0v) is 11.5. The van der Waals surface area contributed by atoms with Crippen molar-refractivity contribution in [3.63, 3.8) is 0 Å². The zero-order valence-electron chi connectivity index (χ0n) is 11.5. The number of oxazole rings is 1. The molecule has 6 heteroatoms. The first kappa shape index (κ1) is 12.8. The summed E-state index contributed by atoms with van der Waals surface area (Å²) < 4.78 is 16.3. The minimum Gasteiger partial charge on any atom is -0.440 e. The molecule has 1 unspecified atom stereocenters. The van der Waals surface area contributed by atoms with Gasteiger partial charge in [-0.15, -0.1) is 0 Å². The van der Waals surface area contributed by atoms with Gasteiger partial charge in [0, 0.05) is 11.6 Å². The van der Waals surface area contributed by atoms with Crippen LogP contribution in [0.25, 0.3) is 11.1 Å². The largest absolute Gasteiger partial charge is 0.440 e. The molecule has 2 aliphatic rings. The number of hydrogen-bond acceptors (Lipinski definition) is 5. The fraction of sp³-hybridized carbons (Fsp3) is 0.467. The second kappa shape index (κ2) is 5.13. The first-order chi connectivity index (χ1) is 10.3. The highest BCUT2D eigenvalue weighted by Crippen LogP contribution is 2.40. The molecule has 1 amide bonds. The van der Waals surface area contributed by atoms with Crippen molar-refractivity contribution in [2.75, 3.05) is 25.1 Å². The van der Waals surface area contributed by atoms with E-state index >= 15 is 0 Å². The summed E-state index contributed by atoms with van der Waals surface area (Å²) in [4.78, 5) is 16.5. The summed E-state index contributed by atoms with van der Waals surface area (Å²) in [6, 6.07) is 5.47. The Morgan fingerprint density at radius 2 is 2.19 bits per heavy atom. The summed E-state index contributed by atoms with van der Waals surface area (Å²) in [5, 5.41) is 2.83. The number of nitrogens with one attached hydrogen (secondary N) is 1. The Morgan fingerprint density at radius 3 is 2.95 bits per heavy atom. The lowest BCUT2D eigenvalue weighted by atomic mass is 10.2. The molecule has 2 fully saturated rings. The Hall–Kier alpha value is -1.92. The van der Waals surface area contributed by atoms with Crippen molar-refractivity contribution < 1.29 is 18.7 Å². The monoisotopic (exact) mass is 288 g/mol. The summed E-state index contributed by atoms with van der Waals surface area (Å²) in [6.45, 7) is 1.29. The topological polar surface area (TPSA) is 73.6 Å². The van der Waals surface area contributed by atoms with Gasteiger partial charge in [-0.25, -0.2) is 4.98 Å². The van der Waals surface area contributed by atoms with Crippen LogP contribution in [0.2, 0.25) is 0 Å². The van der Waals surface area contributed by atoms with Gasteiger partial charge in [0.05, 0.1) is 19.8 Å². The van der Waals surface area contributed by atoms with Gasteiger partial charge in [-0.3, -0.25) is 4.79 Å². The second-order valence-electron chi connectivity index (χ2n) is 5.43. The zero-order chi connectivity index (χ0) is 14.2. The first-order valence-corrected chi connectivity index (χ1v) is 7.20. The van der Waals surface area contributed by atoms with E-state index < -0.39 is 6.10 Å². The second-order valence-corrected chi connectivity index (χ2v) is 5.43. The smallest absolute Gasteiger partial charge is 0.255 e. The normalized spacial score (nSPS) is 22.4. The van der Waals surface area contributed by atoms with E-state index in [1.807, 2.05) is 18.2 Å². The van der Waals surface area contributed by atoms with Crippen LogP contribution in [0.15, 0.2) is 22.6 Å². The van der Waals surface area contributed by atoms with Crippen LogP contribution in [0.4, 0.5) is 5.69 Å². The average Bonchev–Trinajstić information content (AvgIpc) is 3.28. The molecule has 1 aromatic carbocycles. The van der Waals surface area contributed by atoms with Crippen LogP contribution in [0.5, 0.6) is 0 Å². The van der Waals surface area contributed by atoms with Crippen LogP contribution < -0.4 is 5.32 Å². The van der Waals surface area contributed by atoms with Gasteiger partial charge in [-0.1, -0.05) is 0 Å². The lowest BCUT2D eigenvalue weighted by Crippen LogP contribution is -2.39. The van der Waals surface area contributed by atoms with Crippen LogP contribution in [0.3, 0.4) is 0 Å². The van der Waals surface area contributed by atoms with Crippen LogP contribution >= 0.6 is 0 Å². The molecule has 1 saturated carbocycles. The van der Waals surface area contributed by atoms with E-state index in [4.69, 9.17) is 13.9 Å². The van der Waals surface area contributed by atoms with E-state index in [0.717, 1.165) is 29.8 Å². The molecule has 2 heterocycles. The lowest BCUT2D eigenvalue weighted by molar-refractivity contribution is -0.142. The number of hydrogen-bond donors (Lipinski definition) is 1. The third-order valence-corrected chi connectivity index (χ3v) is 3.71. The summed E-state index contributed by atoms with van der Waals surface area (Å²) in [5.41, 5.74) is 2.22. The van der Waals surface area contributed by atoms with E-state index in [2.05, 4.69) is 10.3 Å². The van der Waals surface area contributed by atoms with Gasteiger partial charge in [0.15, 0.2) is 17.6 Å². The first-order valence-electron chi connectivity index (χ1n) is 7.20. The molecule has 6 nitrogen and oxygen atoms in total. The van der Waals surface area contributed by atoms with Crippen LogP contribution in [0, 0.1) is 0 Å². The molecule has 0 radical (unpaired) electrons. The maximum atomic E-state index is 12.1. The molecule has 110 valence electrons. The summed E-state index contributed by atoms with van der Waals surface area (Å²) >= 11 is 0. The molecule has 1 aliphatic heterocycles. The molecule has 1 saturated heterocycles. The Morgan fingerprint density at radius 1 is 1.29 bits per heavy atom. The van der Waals surface area contributed by atoms with Gasteiger partial charge in [-0.2, -0.15) is 0 Å². The highest BCUT2D eigenvalue weighted by molar-refractivity contribution is 5.95. The number of amides is 1. The van der Waals surface area contributed by atoms with Gasteiger partial charge in [-0.05, 0) is 31.0 Å². The lowest BCUT2D eigenvalue weighted by Gasteiger charge is -2.21. The number of carbonyl (C=O) groups is 1. The molecule has 21 heavy (non-hydrogen) atoms. The molecule has 0 spiro atoms. The molecule has 1 atom stereocenters. The number of nitrogens with zero attached hydrogens (tertiary/aromatic N) is 1. The van der Waals surface area contributed by atoms with Crippen molar-refractivity contribution >= 4 is 22.7 Å². The van der Waals surface area contributed by atoms with E-state index in [-0.39, 0.29) is 5.91 Å². The van der Waals surface area contributed by atoms with Crippen molar-refractivity contribution in [1.29, 1.82) is 0 Å². The maximum Gasteiger partial charge on any atom is 0.255 e.